The van der Waals surface area contributed by atoms with E-state index in [4.69, 9.17) is 5.84 Å². The molecule has 0 saturated carbocycles. The molecule has 98 valence electrons. The van der Waals surface area contributed by atoms with Crippen molar-refractivity contribution < 1.29 is 4.79 Å². The van der Waals surface area contributed by atoms with Gasteiger partial charge < -0.3 is 15.6 Å². The molecule has 1 unspecified atom stereocenters. The van der Waals surface area contributed by atoms with Crippen molar-refractivity contribution in [3.8, 4) is 0 Å². The number of nitrogens with two attached hydrogens (primary N) is 1. The van der Waals surface area contributed by atoms with Crippen molar-refractivity contribution >= 4 is 17.5 Å². The zero-order chi connectivity index (χ0) is 13.1. The fraction of sp³-hybridized carbons (Fsp3) is 0.545. The lowest BCUT2D eigenvalue weighted by molar-refractivity contribution is -0.122. The lowest BCUT2D eigenvalue weighted by Gasteiger charge is -2.33. The first-order valence-corrected chi connectivity index (χ1v) is 6.04. The third-order valence-corrected chi connectivity index (χ3v) is 3.02. The number of nitrogens with zero attached hydrogens (tertiary/aromatic N) is 3. The van der Waals surface area contributed by atoms with Crippen molar-refractivity contribution in [2.75, 3.05) is 23.4 Å². The Morgan fingerprint density at radius 1 is 1.61 bits per heavy atom. The van der Waals surface area contributed by atoms with Crippen LogP contribution in [0.3, 0.4) is 0 Å². The molecule has 7 heteroatoms. The van der Waals surface area contributed by atoms with Crippen molar-refractivity contribution in [1.82, 2.24) is 15.3 Å². The number of hydrazine groups is 1. The lowest BCUT2D eigenvalue weighted by Crippen LogP contribution is -2.54. The first kappa shape index (κ1) is 12.6. The van der Waals surface area contributed by atoms with E-state index in [1.54, 1.807) is 6.07 Å². The van der Waals surface area contributed by atoms with Crippen LogP contribution in [-0.2, 0) is 11.2 Å². The van der Waals surface area contributed by atoms with E-state index < -0.39 is 0 Å². The molecule has 2 rings (SSSR count). The minimum atomic E-state index is -0.232. The van der Waals surface area contributed by atoms with E-state index in [-0.39, 0.29) is 11.9 Å². The third-order valence-electron chi connectivity index (χ3n) is 3.02. The van der Waals surface area contributed by atoms with Gasteiger partial charge >= 0.3 is 0 Å². The molecule has 1 aromatic rings. The second-order valence-corrected chi connectivity index (χ2v) is 4.19. The Bertz CT molecular complexity index is 427. The summed E-state index contributed by atoms with van der Waals surface area (Å²) in [4.78, 5) is 22.3. The lowest BCUT2D eigenvalue weighted by atomic mass is 10.2. The standard InChI is InChI=1S/C11H18N6O/c1-3-8-14-9(16-12)6-10(15-8)17-5-4-13-11(18)7(17)2/h6-7H,3-5,12H2,1-2H3,(H,13,18)(H,14,15,16). The quantitative estimate of drug-likeness (QED) is 0.501. The summed E-state index contributed by atoms with van der Waals surface area (Å²) >= 11 is 0. The van der Waals surface area contributed by atoms with E-state index in [1.165, 1.54) is 0 Å². The number of rotatable bonds is 3. The molecule has 2 heterocycles. The van der Waals surface area contributed by atoms with Crippen molar-refractivity contribution in [3.63, 3.8) is 0 Å². The zero-order valence-electron chi connectivity index (χ0n) is 10.6. The van der Waals surface area contributed by atoms with Gasteiger partial charge in [-0.15, -0.1) is 0 Å². The first-order valence-electron chi connectivity index (χ1n) is 6.04. The second kappa shape index (κ2) is 5.18. The topological polar surface area (TPSA) is 96.2 Å². The summed E-state index contributed by atoms with van der Waals surface area (Å²) in [5, 5.41) is 2.82. The van der Waals surface area contributed by atoms with Gasteiger partial charge in [0.2, 0.25) is 5.91 Å². The number of amides is 1. The average molecular weight is 250 g/mol. The number of anilines is 2. The van der Waals surface area contributed by atoms with Crippen LogP contribution in [0.25, 0.3) is 0 Å². The fourth-order valence-electron chi connectivity index (χ4n) is 1.96. The summed E-state index contributed by atoms with van der Waals surface area (Å²) in [6.07, 6.45) is 0.719. The van der Waals surface area contributed by atoms with Crippen LogP contribution in [0.4, 0.5) is 11.6 Å². The molecule has 1 saturated heterocycles. The van der Waals surface area contributed by atoms with Gasteiger partial charge in [0.15, 0.2) is 0 Å². The Labute approximate surface area is 106 Å². The van der Waals surface area contributed by atoms with Crippen LogP contribution in [0.15, 0.2) is 6.07 Å². The van der Waals surface area contributed by atoms with Gasteiger partial charge in [0.05, 0.1) is 0 Å². The largest absolute Gasteiger partial charge is 0.353 e. The molecule has 18 heavy (non-hydrogen) atoms. The molecule has 1 aliphatic rings. The van der Waals surface area contributed by atoms with Gasteiger partial charge in [-0.3, -0.25) is 4.79 Å². The molecule has 7 nitrogen and oxygen atoms in total. The summed E-state index contributed by atoms with van der Waals surface area (Å²) in [5.74, 6) is 7.42. The number of hydrogen-bond acceptors (Lipinski definition) is 6. The summed E-state index contributed by atoms with van der Waals surface area (Å²) in [7, 11) is 0. The van der Waals surface area contributed by atoms with Gasteiger partial charge in [-0.1, -0.05) is 6.92 Å². The number of aryl methyl sites for hydroxylation is 1. The van der Waals surface area contributed by atoms with E-state index in [9.17, 15) is 4.79 Å². The van der Waals surface area contributed by atoms with Crippen molar-refractivity contribution in [2.24, 2.45) is 5.84 Å². The molecule has 0 spiro atoms. The highest BCUT2D eigenvalue weighted by Crippen LogP contribution is 2.19. The number of nitrogens with one attached hydrogen (secondary N) is 2. The number of piperazine rings is 1. The van der Waals surface area contributed by atoms with Gasteiger partial charge in [0, 0.05) is 25.6 Å². The summed E-state index contributed by atoms with van der Waals surface area (Å²) < 4.78 is 0. The molecule has 0 aliphatic carbocycles. The summed E-state index contributed by atoms with van der Waals surface area (Å²) in [6.45, 7) is 5.20. The highest BCUT2D eigenvalue weighted by Gasteiger charge is 2.26. The van der Waals surface area contributed by atoms with E-state index in [2.05, 4.69) is 20.7 Å². The molecular weight excluding hydrogens is 232 g/mol. The number of carbonyl (C=O) groups is 1. The molecule has 0 aromatic carbocycles. The molecule has 0 radical (unpaired) electrons. The number of nitrogen functional groups attached to an aromatic ring is 1. The predicted molar refractivity (Wildman–Crippen MR) is 69.0 cm³/mol. The molecule has 1 aromatic heterocycles. The number of aromatic nitrogens is 2. The van der Waals surface area contributed by atoms with E-state index in [0.717, 1.165) is 18.8 Å². The van der Waals surface area contributed by atoms with Crippen LogP contribution in [-0.4, -0.2) is 35.0 Å². The molecule has 4 N–H and O–H groups in total. The van der Waals surface area contributed by atoms with Crippen LogP contribution < -0.4 is 21.5 Å². The highest BCUT2D eigenvalue weighted by molar-refractivity contribution is 5.85. The van der Waals surface area contributed by atoms with Gasteiger partial charge in [0.25, 0.3) is 0 Å². The van der Waals surface area contributed by atoms with Crippen molar-refractivity contribution in [1.29, 1.82) is 0 Å². The molecule has 1 amide bonds. The average Bonchev–Trinajstić information content (AvgIpc) is 2.41. The molecule has 0 bridgehead atoms. The first-order chi connectivity index (χ1) is 8.65. The molecule has 1 fully saturated rings. The van der Waals surface area contributed by atoms with Gasteiger partial charge in [-0.05, 0) is 6.92 Å². The Balaban J connectivity index is 2.34. The van der Waals surface area contributed by atoms with Crippen LogP contribution in [0.1, 0.15) is 19.7 Å². The maximum Gasteiger partial charge on any atom is 0.242 e. The van der Waals surface area contributed by atoms with E-state index in [0.29, 0.717) is 18.2 Å². The fourth-order valence-corrected chi connectivity index (χ4v) is 1.96. The van der Waals surface area contributed by atoms with Crippen molar-refractivity contribution in [3.05, 3.63) is 11.9 Å². The third kappa shape index (κ3) is 2.35. The highest BCUT2D eigenvalue weighted by atomic mass is 16.2. The molecular formula is C11H18N6O. The Hall–Kier alpha value is -1.89. The van der Waals surface area contributed by atoms with Crippen LogP contribution in [0.5, 0.6) is 0 Å². The van der Waals surface area contributed by atoms with Crippen LogP contribution in [0.2, 0.25) is 0 Å². The maximum absolute atomic E-state index is 11.7. The van der Waals surface area contributed by atoms with E-state index >= 15 is 0 Å². The predicted octanol–water partition coefficient (Wildman–Crippen LogP) is -0.351. The van der Waals surface area contributed by atoms with Gasteiger partial charge in [-0.2, -0.15) is 0 Å². The SMILES string of the molecule is CCc1nc(NN)cc(N2CCNC(=O)C2C)n1. The summed E-state index contributed by atoms with van der Waals surface area (Å²) in [6, 6.07) is 1.53. The second-order valence-electron chi connectivity index (χ2n) is 4.19. The van der Waals surface area contributed by atoms with Crippen LogP contribution in [0, 0.1) is 0 Å². The monoisotopic (exact) mass is 250 g/mol. The zero-order valence-corrected chi connectivity index (χ0v) is 10.6. The Morgan fingerprint density at radius 3 is 3.06 bits per heavy atom. The van der Waals surface area contributed by atoms with Gasteiger partial charge in [-0.25, -0.2) is 15.8 Å². The van der Waals surface area contributed by atoms with Crippen molar-refractivity contribution in [2.45, 2.75) is 26.3 Å². The van der Waals surface area contributed by atoms with Gasteiger partial charge in [0.1, 0.15) is 23.5 Å². The van der Waals surface area contributed by atoms with E-state index in [1.807, 2.05) is 18.7 Å². The minimum Gasteiger partial charge on any atom is -0.353 e. The number of hydrogen-bond donors (Lipinski definition) is 3. The maximum atomic E-state index is 11.7. The smallest absolute Gasteiger partial charge is 0.242 e. The Kier molecular flexibility index (Phi) is 3.61. The summed E-state index contributed by atoms with van der Waals surface area (Å²) in [5.41, 5.74) is 2.53. The molecule has 1 atom stereocenters. The normalized spacial score (nSPS) is 19.6. The Morgan fingerprint density at radius 2 is 2.39 bits per heavy atom. The molecule has 1 aliphatic heterocycles. The number of carbonyl (C=O) groups excluding carboxylic acids is 1. The minimum absolute atomic E-state index is 0.0140. The van der Waals surface area contributed by atoms with Crippen LogP contribution >= 0.6 is 0 Å².